The third-order valence-corrected chi connectivity index (χ3v) is 5.72. The lowest BCUT2D eigenvalue weighted by atomic mass is 10.2. The number of hydrogen-bond donors (Lipinski definition) is 1. The number of esters is 1. The molecule has 3 rings (SSSR count). The Morgan fingerprint density at radius 3 is 2.56 bits per heavy atom. The molecule has 10 heteroatoms. The van der Waals surface area contributed by atoms with E-state index in [1.165, 1.54) is 11.8 Å². The van der Waals surface area contributed by atoms with Gasteiger partial charge in [-0.2, -0.15) is 0 Å². The predicted molar refractivity (Wildman–Crippen MR) is 123 cm³/mol. The molecule has 0 aliphatic carbocycles. The molecule has 1 heterocycles. The number of para-hydroxylation sites is 1. The van der Waals surface area contributed by atoms with Crippen LogP contribution in [-0.2, 0) is 16.6 Å². The fourth-order valence-electron chi connectivity index (χ4n) is 2.82. The molecule has 0 bridgehead atoms. The van der Waals surface area contributed by atoms with Gasteiger partial charge in [0.1, 0.15) is 5.75 Å². The summed E-state index contributed by atoms with van der Waals surface area (Å²) in [7, 11) is 1.82. The molecule has 8 nitrogen and oxygen atoms in total. The first-order valence-corrected chi connectivity index (χ1v) is 11.3. The van der Waals surface area contributed by atoms with Crippen molar-refractivity contribution in [1.29, 1.82) is 0 Å². The molecule has 3 aromatic rings. The molecule has 0 aliphatic rings. The number of hydrogen-bond acceptors (Lipinski definition) is 7. The standard InChI is InChI=1S/C22H23ClN4O4S/c1-4-30-21(29)15-9-11-16(12-10-15)24-19(28)13-32-22-26-25-20(27(22)3)14(2)31-18-8-6-5-7-17(18)23/h5-12,14H,4,13H2,1-3H3,(H,24,28). The fraction of sp³-hybridized carbons (Fsp3) is 0.273. The molecule has 1 N–H and O–H groups in total. The number of aromatic nitrogens is 3. The number of carbonyl (C=O) groups is 2. The Morgan fingerprint density at radius 1 is 1.16 bits per heavy atom. The van der Waals surface area contributed by atoms with Crippen molar-refractivity contribution < 1.29 is 19.1 Å². The molecule has 1 unspecified atom stereocenters. The normalized spacial score (nSPS) is 11.6. The number of nitrogens with zero attached hydrogens (tertiary/aromatic N) is 3. The monoisotopic (exact) mass is 474 g/mol. The summed E-state index contributed by atoms with van der Waals surface area (Å²) in [4.78, 5) is 24.0. The first-order valence-electron chi connectivity index (χ1n) is 9.89. The quantitative estimate of drug-likeness (QED) is 0.360. The molecule has 2 aromatic carbocycles. The molecule has 0 fully saturated rings. The lowest BCUT2D eigenvalue weighted by molar-refractivity contribution is -0.113. The summed E-state index contributed by atoms with van der Waals surface area (Å²) in [6, 6.07) is 13.7. The zero-order valence-corrected chi connectivity index (χ0v) is 19.4. The van der Waals surface area contributed by atoms with Crippen molar-refractivity contribution in [2.24, 2.45) is 7.05 Å². The fourth-order valence-corrected chi connectivity index (χ4v) is 3.72. The highest BCUT2D eigenvalue weighted by Crippen LogP contribution is 2.29. The molecule has 0 saturated carbocycles. The average molecular weight is 475 g/mol. The number of thioether (sulfide) groups is 1. The average Bonchev–Trinajstić information content (AvgIpc) is 3.15. The van der Waals surface area contributed by atoms with E-state index >= 15 is 0 Å². The second-order valence-electron chi connectivity index (χ2n) is 6.72. The Hall–Kier alpha value is -3.04. The van der Waals surface area contributed by atoms with Gasteiger partial charge >= 0.3 is 5.97 Å². The van der Waals surface area contributed by atoms with Gasteiger partial charge in [0.05, 0.1) is 22.9 Å². The third-order valence-electron chi connectivity index (χ3n) is 4.38. The van der Waals surface area contributed by atoms with Crippen LogP contribution in [0.5, 0.6) is 5.75 Å². The first-order chi connectivity index (χ1) is 15.4. The van der Waals surface area contributed by atoms with Crippen LogP contribution in [0.2, 0.25) is 5.02 Å². The summed E-state index contributed by atoms with van der Waals surface area (Å²) in [5.74, 6) is 0.718. The van der Waals surface area contributed by atoms with Crippen LogP contribution in [0.25, 0.3) is 0 Å². The molecule has 0 spiro atoms. The van der Waals surface area contributed by atoms with E-state index in [4.69, 9.17) is 21.1 Å². The van der Waals surface area contributed by atoms with Crippen LogP contribution < -0.4 is 10.1 Å². The molecule has 0 saturated heterocycles. The first kappa shape index (κ1) is 23.6. The van der Waals surface area contributed by atoms with Crippen molar-refractivity contribution in [2.45, 2.75) is 25.1 Å². The molecule has 1 aromatic heterocycles. The SMILES string of the molecule is CCOC(=O)c1ccc(NC(=O)CSc2nnc(C(C)Oc3ccccc3Cl)n2C)cc1. The zero-order valence-electron chi connectivity index (χ0n) is 17.9. The van der Waals surface area contributed by atoms with Gasteiger partial charge in [0.2, 0.25) is 5.91 Å². The second kappa shape index (κ2) is 11.0. The number of amides is 1. The van der Waals surface area contributed by atoms with Crippen LogP contribution in [0.1, 0.15) is 36.1 Å². The van der Waals surface area contributed by atoms with Gasteiger partial charge in [-0.25, -0.2) is 4.79 Å². The molecule has 32 heavy (non-hydrogen) atoms. The smallest absolute Gasteiger partial charge is 0.338 e. The summed E-state index contributed by atoms with van der Waals surface area (Å²) in [5, 5.41) is 12.2. The summed E-state index contributed by atoms with van der Waals surface area (Å²) in [5.41, 5.74) is 1.02. The largest absolute Gasteiger partial charge is 0.481 e. The predicted octanol–water partition coefficient (Wildman–Crippen LogP) is 4.52. The number of anilines is 1. The van der Waals surface area contributed by atoms with Crippen molar-refractivity contribution in [3.05, 3.63) is 64.9 Å². The van der Waals surface area contributed by atoms with Crippen molar-refractivity contribution in [3.8, 4) is 5.75 Å². The van der Waals surface area contributed by atoms with Crippen molar-refractivity contribution in [1.82, 2.24) is 14.8 Å². The molecule has 1 amide bonds. The minimum atomic E-state index is -0.397. The molecular weight excluding hydrogens is 452 g/mol. The van der Waals surface area contributed by atoms with Crippen LogP contribution in [-0.4, -0.2) is 39.0 Å². The van der Waals surface area contributed by atoms with Crippen molar-refractivity contribution >= 4 is 40.9 Å². The summed E-state index contributed by atoms with van der Waals surface area (Å²) in [6.45, 7) is 3.91. The van der Waals surface area contributed by atoms with E-state index in [1.54, 1.807) is 47.9 Å². The van der Waals surface area contributed by atoms with E-state index in [1.807, 2.05) is 26.1 Å². The number of nitrogens with one attached hydrogen (secondary N) is 1. The Labute approximate surface area is 195 Å². The highest BCUT2D eigenvalue weighted by atomic mass is 35.5. The Bertz CT molecular complexity index is 1090. The number of rotatable bonds is 9. The molecular formula is C22H23ClN4O4S. The maximum absolute atomic E-state index is 12.3. The van der Waals surface area contributed by atoms with Crippen LogP contribution in [0.3, 0.4) is 0 Å². The summed E-state index contributed by atoms with van der Waals surface area (Å²) >= 11 is 7.41. The third kappa shape index (κ3) is 6.02. The van der Waals surface area contributed by atoms with Gasteiger partial charge in [0.15, 0.2) is 17.1 Å². The highest BCUT2D eigenvalue weighted by Gasteiger charge is 2.19. The van der Waals surface area contributed by atoms with E-state index in [0.29, 0.717) is 39.6 Å². The minimum absolute atomic E-state index is 0.144. The Morgan fingerprint density at radius 2 is 1.88 bits per heavy atom. The maximum atomic E-state index is 12.3. The van der Waals surface area contributed by atoms with Gasteiger partial charge in [0.25, 0.3) is 0 Å². The molecule has 1 atom stereocenters. The van der Waals surface area contributed by atoms with Gasteiger partial charge < -0.3 is 19.4 Å². The van der Waals surface area contributed by atoms with E-state index in [2.05, 4.69) is 15.5 Å². The molecule has 0 aliphatic heterocycles. The van der Waals surface area contributed by atoms with Gasteiger partial charge in [-0.3, -0.25) is 4.79 Å². The van der Waals surface area contributed by atoms with Gasteiger partial charge in [-0.05, 0) is 50.2 Å². The van der Waals surface area contributed by atoms with E-state index < -0.39 is 5.97 Å². The number of benzene rings is 2. The van der Waals surface area contributed by atoms with Gasteiger partial charge in [-0.15, -0.1) is 10.2 Å². The van der Waals surface area contributed by atoms with E-state index in [-0.39, 0.29) is 17.8 Å². The van der Waals surface area contributed by atoms with E-state index in [0.717, 1.165) is 0 Å². The topological polar surface area (TPSA) is 95.3 Å². The number of halogens is 1. The molecule has 168 valence electrons. The van der Waals surface area contributed by atoms with Crippen molar-refractivity contribution in [3.63, 3.8) is 0 Å². The Balaban J connectivity index is 1.54. The zero-order chi connectivity index (χ0) is 23.1. The van der Waals surface area contributed by atoms with Gasteiger partial charge in [-0.1, -0.05) is 35.5 Å². The van der Waals surface area contributed by atoms with Crippen LogP contribution in [0.4, 0.5) is 5.69 Å². The molecule has 0 radical (unpaired) electrons. The second-order valence-corrected chi connectivity index (χ2v) is 8.07. The minimum Gasteiger partial charge on any atom is -0.481 e. The summed E-state index contributed by atoms with van der Waals surface area (Å²) < 4.78 is 12.6. The van der Waals surface area contributed by atoms with Crippen LogP contribution >= 0.6 is 23.4 Å². The van der Waals surface area contributed by atoms with Crippen molar-refractivity contribution in [2.75, 3.05) is 17.7 Å². The Kier molecular flexibility index (Phi) is 8.13. The number of ether oxygens (including phenoxy) is 2. The number of carbonyl (C=O) groups excluding carboxylic acids is 2. The highest BCUT2D eigenvalue weighted by molar-refractivity contribution is 7.99. The summed E-state index contributed by atoms with van der Waals surface area (Å²) in [6.07, 6.45) is -0.381. The van der Waals surface area contributed by atoms with Crippen LogP contribution in [0, 0.1) is 0 Å². The maximum Gasteiger partial charge on any atom is 0.338 e. The lowest BCUT2D eigenvalue weighted by Gasteiger charge is -2.15. The van der Waals surface area contributed by atoms with E-state index in [9.17, 15) is 9.59 Å². The lowest BCUT2D eigenvalue weighted by Crippen LogP contribution is -2.15. The van der Waals surface area contributed by atoms with Gasteiger partial charge in [0, 0.05) is 12.7 Å². The van der Waals surface area contributed by atoms with Crippen LogP contribution in [0.15, 0.2) is 53.7 Å².